The molecule has 1 fully saturated rings. The van der Waals surface area contributed by atoms with Crippen molar-refractivity contribution in [3.63, 3.8) is 0 Å². The molecule has 1 aliphatic heterocycles. The Hall–Kier alpha value is -1.62. The topological polar surface area (TPSA) is 45.5 Å². The van der Waals surface area contributed by atoms with Gasteiger partial charge in [0.05, 0.1) is 5.69 Å². The lowest BCUT2D eigenvalue weighted by Gasteiger charge is -2.13. The van der Waals surface area contributed by atoms with Crippen LogP contribution in [0, 0.1) is 0 Å². The summed E-state index contributed by atoms with van der Waals surface area (Å²) in [6.45, 7) is 6.55. The van der Waals surface area contributed by atoms with E-state index in [0.29, 0.717) is 12.0 Å². The third kappa shape index (κ3) is 2.42. The van der Waals surface area contributed by atoms with E-state index in [1.165, 1.54) is 6.42 Å². The number of fused-ring (bicyclic) bond motifs is 1. The summed E-state index contributed by atoms with van der Waals surface area (Å²) in [5.74, 6) is 1.38. The monoisotopic (exact) mass is 259 g/mol. The van der Waals surface area contributed by atoms with Gasteiger partial charge in [0, 0.05) is 25.0 Å². The summed E-state index contributed by atoms with van der Waals surface area (Å²) >= 11 is 0. The number of nitrogens with zero attached hydrogens (tertiary/aromatic N) is 4. The number of likely N-dealkylation sites (N-methyl/N-ethyl adjacent to an activating group) is 1. The van der Waals surface area contributed by atoms with Crippen molar-refractivity contribution in [2.45, 2.75) is 32.2 Å². The molecule has 102 valence electrons. The zero-order valence-electron chi connectivity index (χ0n) is 11.8. The van der Waals surface area contributed by atoms with Crippen molar-refractivity contribution in [2.24, 2.45) is 0 Å². The summed E-state index contributed by atoms with van der Waals surface area (Å²) in [6, 6.07) is 2.62. The highest BCUT2D eigenvalue weighted by Gasteiger charge is 2.20. The van der Waals surface area contributed by atoms with Gasteiger partial charge in [0.2, 0.25) is 0 Å². The van der Waals surface area contributed by atoms with Crippen LogP contribution < -0.4 is 5.32 Å². The molecular weight excluding hydrogens is 238 g/mol. The predicted molar refractivity (Wildman–Crippen MR) is 76.6 cm³/mol. The van der Waals surface area contributed by atoms with E-state index < -0.39 is 0 Å². The average molecular weight is 259 g/mol. The largest absolute Gasteiger partial charge is 0.364 e. The Kier molecular flexibility index (Phi) is 3.14. The summed E-state index contributed by atoms with van der Waals surface area (Å²) in [5, 5.41) is 8.14. The van der Waals surface area contributed by atoms with Gasteiger partial charge in [0.1, 0.15) is 5.52 Å². The first-order valence-electron chi connectivity index (χ1n) is 6.93. The van der Waals surface area contributed by atoms with Crippen molar-refractivity contribution in [2.75, 3.05) is 25.5 Å². The van der Waals surface area contributed by atoms with Gasteiger partial charge >= 0.3 is 0 Å². The van der Waals surface area contributed by atoms with Crippen LogP contribution in [0.5, 0.6) is 0 Å². The third-order valence-corrected chi connectivity index (χ3v) is 3.73. The fraction of sp³-hybridized carbons (Fsp3) is 0.571. The summed E-state index contributed by atoms with van der Waals surface area (Å²) in [4.78, 5) is 6.82. The van der Waals surface area contributed by atoms with Gasteiger partial charge in [-0.15, -0.1) is 0 Å². The molecule has 3 heterocycles. The Bertz CT molecular complexity index is 574. The quantitative estimate of drug-likeness (QED) is 0.915. The molecule has 2 aromatic heterocycles. The Balaban J connectivity index is 1.90. The van der Waals surface area contributed by atoms with Crippen molar-refractivity contribution < 1.29 is 0 Å². The molecule has 3 rings (SSSR count). The lowest BCUT2D eigenvalue weighted by Crippen LogP contribution is -2.24. The molecule has 0 radical (unpaired) electrons. The molecule has 1 atom stereocenters. The summed E-state index contributed by atoms with van der Waals surface area (Å²) in [7, 11) is 2.16. The maximum atomic E-state index is 4.59. The Labute approximate surface area is 113 Å². The number of rotatable bonds is 3. The highest BCUT2D eigenvalue weighted by molar-refractivity contribution is 5.68. The molecule has 19 heavy (non-hydrogen) atoms. The van der Waals surface area contributed by atoms with Crippen LogP contribution in [0.4, 0.5) is 5.82 Å². The molecule has 1 aliphatic rings. The molecule has 0 amide bonds. The first kappa shape index (κ1) is 12.4. The van der Waals surface area contributed by atoms with Gasteiger partial charge in [-0.25, -0.2) is 9.50 Å². The van der Waals surface area contributed by atoms with Crippen LogP contribution in [0.2, 0.25) is 0 Å². The number of aromatic nitrogens is 3. The normalized spacial score (nSPS) is 20.5. The number of nitrogens with one attached hydrogen (secondary N) is 1. The van der Waals surface area contributed by atoms with E-state index in [-0.39, 0.29) is 0 Å². The summed E-state index contributed by atoms with van der Waals surface area (Å²) < 4.78 is 1.92. The van der Waals surface area contributed by atoms with Crippen molar-refractivity contribution in [1.82, 2.24) is 19.5 Å². The Morgan fingerprint density at radius 3 is 2.95 bits per heavy atom. The molecule has 2 aromatic rings. The first-order chi connectivity index (χ1) is 9.13. The van der Waals surface area contributed by atoms with Crippen molar-refractivity contribution in [1.29, 1.82) is 0 Å². The van der Waals surface area contributed by atoms with Crippen LogP contribution in [0.3, 0.4) is 0 Å². The van der Waals surface area contributed by atoms with Crippen molar-refractivity contribution >= 4 is 11.3 Å². The average Bonchev–Trinajstić information content (AvgIpc) is 2.96. The van der Waals surface area contributed by atoms with E-state index in [9.17, 15) is 0 Å². The lowest BCUT2D eigenvalue weighted by molar-refractivity contribution is 0.414. The highest BCUT2D eigenvalue weighted by atomic mass is 15.3. The summed E-state index contributed by atoms with van der Waals surface area (Å²) in [5.41, 5.74) is 2.18. The Morgan fingerprint density at radius 2 is 2.26 bits per heavy atom. The molecule has 1 unspecified atom stereocenters. The van der Waals surface area contributed by atoms with Crippen molar-refractivity contribution in [3.05, 3.63) is 24.2 Å². The van der Waals surface area contributed by atoms with E-state index >= 15 is 0 Å². The van der Waals surface area contributed by atoms with Crippen LogP contribution in [-0.4, -0.2) is 45.7 Å². The van der Waals surface area contributed by atoms with Gasteiger partial charge in [0.25, 0.3) is 0 Å². The Morgan fingerprint density at radius 1 is 1.42 bits per heavy atom. The summed E-state index contributed by atoms with van der Waals surface area (Å²) in [6.07, 6.45) is 4.89. The fourth-order valence-corrected chi connectivity index (χ4v) is 2.58. The van der Waals surface area contributed by atoms with E-state index in [4.69, 9.17) is 0 Å². The second kappa shape index (κ2) is 4.81. The van der Waals surface area contributed by atoms with Gasteiger partial charge < -0.3 is 10.2 Å². The third-order valence-electron chi connectivity index (χ3n) is 3.73. The maximum absolute atomic E-state index is 4.59. The smallest absolute Gasteiger partial charge is 0.152 e. The molecule has 0 saturated carbocycles. The van der Waals surface area contributed by atoms with Crippen LogP contribution in [0.25, 0.3) is 5.52 Å². The van der Waals surface area contributed by atoms with Gasteiger partial charge in [-0.3, -0.25) is 0 Å². The minimum Gasteiger partial charge on any atom is -0.364 e. The van der Waals surface area contributed by atoms with Crippen molar-refractivity contribution in [3.8, 4) is 0 Å². The van der Waals surface area contributed by atoms with Gasteiger partial charge in [-0.05, 0) is 32.0 Å². The van der Waals surface area contributed by atoms with Crippen LogP contribution in [0.15, 0.2) is 18.5 Å². The SMILES string of the molecule is CC(C)c1cc2c(NC3CCN(C)C3)nccn2n1. The molecule has 1 N–H and O–H groups in total. The standard InChI is InChI=1S/C14H21N5/c1-10(2)12-8-13-14(15-5-7-19(13)17-12)16-11-4-6-18(3)9-11/h5,7-8,10-11H,4,6,9H2,1-3H3,(H,15,16). The predicted octanol–water partition coefficient (Wildman–Crippen LogP) is 1.97. The van der Waals surface area contributed by atoms with E-state index in [0.717, 1.165) is 30.1 Å². The van der Waals surface area contributed by atoms with E-state index in [1.807, 2.05) is 16.9 Å². The number of hydrogen-bond donors (Lipinski definition) is 1. The second-order valence-corrected chi connectivity index (χ2v) is 5.72. The number of hydrogen-bond acceptors (Lipinski definition) is 4. The van der Waals surface area contributed by atoms with E-state index in [2.05, 4.69) is 47.3 Å². The molecule has 5 nitrogen and oxygen atoms in total. The zero-order valence-corrected chi connectivity index (χ0v) is 11.8. The molecular formula is C14H21N5. The van der Waals surface area contributed by atoms with Crippen LogP contribution >= 0.6 is 0 Å². The second-order valence-electron chi connectivity index (χ2n) is 5.72. The highest BCUT2D eigenvalue weighted by Crippen LogP contribution is 2.21. The number of likely N-dealkylation sites (tertiary alicyclic amines) is 1. The maximum Gasteiger partial charge on any atom is 0.152 e. The minimum absolute atomic E-state index is 0.436. The van der Waals surface area contributed by atoms with Crippen LogP contribution in [0.1, 0.15) is 31.9 Å². The van der Waals surface area contributed by atoms with Gasteiger partial charge in [-0.1, -0.05) is 13.8 Å². The molecule has 5 heteroatoms. The molecule has 1 saturated heterocycles. The molecule has 0 aromatic carbocycles. The molecule has 0 spiro atoms. The first-order valence-corrected chi connectivity index (χ1v) is 6.93. The number of anilines is 1. The van der Waals surface area contributed by atoms with Gasteiger partial charge in [-0.2, -0.15) is 5.10 Å². The van der Waals surface area contributed by atoms with E-state index in [1.54, 1.807) is 0 Å². The minimum atomic E-state index is 0.436. The molecule has 0 bridgehead atoms. The van der Waals surface area contributed by atoms with Gasteiger partial charge in [0.15, 0.2) is 5.82 Å². The fourth-order valence-electron chi connectivity index (χ4n) is 2.58. The lowest BCUT2D eigenvalue weighted by atomic mass is 10.1. The molecule has 0 aliphatic carbocycles. The van der Waals surface area contributed by atoms with Crippen LogP contribution in [-0.2, 0) is 0 Å². The zero-order chi connectivity index (χ0) is 13.4.